The lowest BCUT2D eigenvalue weighted by Gasteiger charge is -2.13. The molecule has 0 aliphatic heterocycles. The number of anilines is 1. The van der Waals surface area contributed by atoms with Gasteiger partial charge >= 0.3 is 11.7 Å². The van der Waals surface area contributed by atoms with E-state index < -0.39 is 21.7 Å². The van der Waals surface area contributed by atoms with Crippen molar-refractivity contribution in [2.75, 3.05) is 4.72 Å². The molecule has 0 amide bonds. The van der Waals surface area contributed by atoms with Gasteiger partial charge < -0.3 is 15.1 Å². The Labute approximate surface area is 164 Å². The highest BCUT2D eigenvalue weighted by Crippen LogP contribution is 2.28. The van der Waals surface area contributed by atoms with Gasteiger partial charge in [0.25, 0.3) is 10.0 Å². The van der Waals surface area contributed by atoms with Crippen molar-refractivity contribution >= 4 is 32.7 Å². The van der Waals surface area contributed by atoms with E-state index in [0.717, 1.165) is 5.56 Å². The van der Waals surface area contributed by atoms with Gasteiger partial charge in [-0.25, -0.2) is 18.0 Å². The van der Waals surface area contributed by atoms with Gasteiger partial charge in [0.1, 0.15) is 0 Å². The van der Waals surface area contributed by atoms with Crippen LogP contribution in [0.25, 0.3) is 22.2 Å². The van der Waals surface area contributed by atoms with Crippen LogP contribution in [0, 0.1) is 0 Å². The maximum atomic E-state index is 12.9. The fourth-order valence-electron chi connectivity index (χ4n) is 3.01. The smallest absolute Gasteiger partial charge is 0.337 e. The summed E-state index contributed by atoms with van der Waals surface area (Å²) in [4.78, 5) is 27.9. The molecule has 146 valence electrons. The van der Waals surface area contributed by atoms with Crippen LogP contribution in [0.15, 0.2) is 76.4 Å². The molecule has 1 aromatic heterocycles. The molecule has 4 rings (SSSR count). The molecule has 0 radical (unpaired) electrons. The Morgan fingerprint density at radius 1 is 0.862 bits per heavy atom. The molecule has 0 aliphatic rings. The van der Waals surface area contributed by atoms with Crippen molar-refractivity contribution in [2.45, 2.75) is 4.90 Å². The molecule has 1 heterocycles. The van der Waals surface area contributed by atoms with E-state index in [-0.39, 0.29) is 16.1 Å². The molecule has 3 aromatic carbocycles. The normalized spacial score (nSPS) is 11.4. The van der Waals surface area contributed by atoms with Crippen molar-refractivity contribution in [1.82, 2.24) is 9.97 Å². The van der Waals surface area contributed by atoms with E-state index in [1.807, 2.05) is 30.3 Å². The number of carboxylic acid groups (broad SMARTS) is 1. The number of rotatable bonds is 5. The summed E-state index contributed by atoms with van der Waals surface area (Å²) in [5, 5.41) is 9.46. The number of H-pyrrole nitrogens is 2. The highest BCUT2D eigenvalue weighted by atomic mass is 32.2. The van der Waals surface area contributed by atoms with Crippen LogP contribution < -0.4 is 10.4 Å². The van der Waals surface area contributed by atoms with Crippen LogP contribution in [0.3, 0.4) is 0 Å². The van der Waals surface area contributed by atoms with E-state index in [2.05, 4.69) is 14.7 Å². The first-order valence-electron chi connectivity index (χ1n) is 8.51. The average molecular weight is 409 g/mol. The third kappa shape index (κ3) is 3.63. The molecule has 4 N–H and O–H groups in total. The van der Waals surface area contributed by atoms with Gasteiger partial charge in [-0.05, 0) is 41.5 Å². The van der Waals surface area contributed by atoms with E-state index in [0.29, 0.717) is 16.6 Å². The number of benzene rings is 3. The van der Waals surface area contributed by atoms with E-state index in [9.17, 15) is 23.1 Å². The molecule has 0 aliphatic carbocycles. The van der Waals surface area contributed by atoms with Gasteiger partial charge in [-0.2, -0.15) is 0 Å². The number of carboxylic acids is 1. The summed E-state index contributed by atoms with van der Waals surface area (Å²) in [7, 11) is -4.10. The van der Waals surface area contributed by atoms with Gasteiger partial charge in [-0.3, -0.25) is 4.72 Å². The van der Waals surface area contributed by atoms with Crippen LogP contribution in [0.1, 0.15) is 10.4 Å². The largest absolute Gasteiger partial charge is 0.478 e. The Hall–Kier alpha value is -3.85. The Kier molecular flexibility index (Phi) is 4.44. The second-order valence-electron chi connectivity index (χ2n) is 6.32. The zero-order valence-corrected chi connectivity index (χ0v) is 15.7. The summed E-state index contributed by atoms with van der Waals surface area (Å²) in [6, 6.07) is 17.7. The summed E-state index contributed by atoms with van der Waals surface area (Å²) in [5.74, 6) is -1.26. The van der Waals surface area contributed by atoms with Gasteiger partial charge in [0.15, 0.2) is 0 Å². The minimum Gasteiger partial charge on any atom is -0.478 e. The highest BCUT2D eigenvalue weighted by Gasteiger charge is 2.20. The second kappa shape index (κ2) is 6.95. The maximum absolute atomic E-state index is 12.9. The summed E-state index contributed by atoms with van der Waals surface area (Å²) in [6.45, 7) is 0. The summed E-state index contributed by atoms with van der Waals surface area (Å²) < 4.78 is 28.1. The van der Waals surface area contributed by atoms with Crippen molar-refractivity contribution in [2.24, 2.45) is 0 Å². The average Bonchev–Trinajstić information content (AvgIpc) is 3.07. The Balaban J connectivity index is 1.78. The van der Waals surface area contributed by atoms with Gasteiger partial charge in [0.05, 0.1) is 27.2 Å². The molecule has 0 saturated carbocycles. The fourth-order valence-corrected chi connectivity index (χ4v) is 4.10. The predicted octanol–water partition coefficient (Wildman–Crippen LogP) is 3.02. The van der Waals surface area contributed by atoms with E-state index in [1.54, 1.807) is 6.07 Å². The van der Waals surface area contributed by atoms with Crippen LogP contribution >= 0.6 is 0 Å². The van der Waals surface area contributed by atoms with Crippen LogP contribution in [0.2, 0.25) is 0 Å². The molecule has 0 unspecified atom stereocenters. The lowest BCUT2D eigenvalue weighted by atomic mass is 10.0. The topological polar surface area (TPSA) is 132 Å². The number of hydrogen-bond donors (Lipinski definition) is 4. The van der Waals surface area contributed by atoms with Crippen molar-refractivity contribution in [3.63, 3.8) is 0 Å². The van der Waals surface area contributed by atoms with Crippen molar-refractivity contribution in [1.29, 1.82) is 0 Å². The van der Waals surface area contributed by atoms with E-state index in [1.165, 1.54) is 30.3 Å². The number of hydrogen-bond acceptors (Lipinski definition) is 4. The lowest BCUT2D eigenvalue weighted by Crippen LogP contribution is -2.15. The summed E-state index contributed by atoms with van der Waals surface area (Å²) in [5.41, 5.74) is 1.59. The molecule has 0 saturated heterocycles. The molecular weight excluding hydrogens is 394 g/mol. The van der Waals surface area contributed by atoms with Gasteiger partial charge in [-0.15, -0.1) is 0 Å². The number of aromatic nitrogens is 2. The van der Waals surface area contributed by atoms with Crippen molar-refractivity contribution in [3.8, 4) is 11.1 Å². The molecule has 4 aromatic rings. The molecule has 0 bridgehead atoms. The number of aromatic carboxylic acids is 1. The number of sulfonamides is 1. The Bertz CT molecular complexity index is 1390. The predicted molar refractivity (Wildman–Crippen MR) is 109 cm³/mol. The zero-order valence-electron chi connectivity index (χ0n) is 14.8. The minimum atomic E-state index is -4.10. The number of nitrogens with one attached hydrogen (secondary N) is 3. The SMILES string of the molecule is O=C(O)c1ccc(-c2ccccc2)cc1NS(=O)(=O)c1ccc2[nH]c(=O)[nH]c2c1. The molecular formula is C20H15N3O5S. The minimum absolute atomic E-state index is 0.0542. The van der Waals surface area contributed by atoms with Gasteiger partial charge in [-0.1, -0.05) is 36.4 Å². The third-order valence-corrected chi connectivity index (χ3v) is 5.76. The molecule has 29 heavy (non-hydrogen) atoms. The van der Waals surface area contributed by atoms with E-state index in [4.69, 9.17) is 0 Å². The monoisotopic (exact) mass is 409 g/mol. The molecule has 0 spiro atoms. The Morgan fingerprint density at radius 3 is 2.31 bits per heavy atom. The molecule has 0 atom stereocenters. The maximum Gasteiger partial charge on any atom is 0.337 e. The standard InChI is InChI=1S/C20H15N3O5S/c24-19(25)15-8-6-13(12-4-2-1-3-5-12)10-17(15)23-29(27,28)14-7-9-16-18(11-14)22-20(26)21-16/h1-11,23H,(H,24,25)(H2,21,22,26). The number of aromatic amines is 2. The second-order valence-corrected chi connectivity index (χ2v) is 8.01. The van der Waals surface area contributed by atoms with Crippen molar-refractivity contribution < 1.29 is 18.3 Å². The van der Waals surface area contributed by atoms with Gasteiger partial charge in [0.2, 0.25) is 0 Å². The van der Waals surface area contributed by atoms with Crippen LogP contribution in [-0.2, 0) is 10.0 Å². The fraction of sp³-hybridized carbons (Fsp3) is 0. The van der Waals surface area contributed by atoms with Crippen molar-refractivity contribution in [3.05, 3.63) is 82.8 Å². The van der Waals surface area contributed by atoms with Crippen LogP contribution in [0.4, 0.5) is 5.69 Å². The number of carbonyl (C=O) groups is 1. The first-order valence-corrected chi connectivity index (χ1v) is 9.99. The molecule has 9 heteroatoms. The molecule has 0 fully saturated rings. The van der Waals surface area contributed by atoms with Gasteiger partial charge in [0, 0.05) is 0 Å². The first kappa shape index (κ1) is 18.5. The summed E-state index contributed by atoms with van der Waals surface area (Å²) in [6.07, 6.45) is 0. The first-order chi connectivity index (χ1) is 13.8. The molecule has 8 nitrogen and oxygen atoms in total. The Morgan fingerprint density at radius 2 is 1.59 bits per heavy atom. The highest BCUT2D eigenvalue weighted by molar-refractivity contribution is 7.92. The number of fused-ring (bicyclic) bond motifs is 1. The van der Waals surface area contributed by atoms with Crippen LogP contribution in [0.5, 0.6) is 0 Å². The zero-order chi connectivity index (χ0) is 20.6. The lowest BCUT2D eigenvalue weighted by molar-refractivity contribution is 0.0698. The van der Waals surface area contributed by atoms with E-state index >= 15 is 0 Å². The quantitative estimate of drug-likeness (QED) is 0.402. The number of imidazole rings is 1. The summed E-state index contributed by atoms with van der Waals surface area (Å²) >= 11 is 0. The van der Waals surface area contributed by atoms with Crippen LogP contribution in [-0.4, -0.2) is 29.5 Å². The third-order valence-electron chi connectivity index (χ3n) is 4.40.